The summed E-state index contributed by atoms with van der Waals surface area (Å²) in [5, 5.41) is 0. The minimum absolute atomic E-state index is 0. The number of hydrogen-bond donors (Lipinski definition) is 2. The van der Waals surface area contributed by atoms with Crippen molar-refractivity contribution < 1.29 is 56.2 Å². The van der Waals surface area contributed by atoms with Crippen LogP contribution >= 0.6 is 12.2 Å². The molecule has 0 spiro atoms. The van der Waals surface area contributed by atoms with E-state index in [0.717, 1.165) is 0 Å². The summed E-state index contributed by atoms with van der Waals surface area (Å²) in [5.41, 5.74) is 5.20. The molecule has 1 aromatic rings. The normalized spacial score (nSPS) is 8.29. The number of amides is 1. The molecule has 0 bridgehead atoms. The first-order valence-electron chi connectivity index (χ1n) is 3.37. The molecule has 0 aliphatic heterocycles. The van der Waals surface area contributed by atoms with E-state index < -0.39 is 0 Å². The minimum Gasteiger partial charge on any atom is -0.410 e. The van der Waals surface area contributed by atoms with E-state index in [9.17, 15) is 4.79 Å². The molecule has 0 aromatic carbocycles. The molecule has 0 aliphatic carbocycles. The van der Waals surface area contributed by atoms with E-state index in [-0.39, 0.29) is 61.6 Å². The number of carbonyl (C=O) groups is 1. The van der Waals surface area contributed by atoms with Crippen molar-refractivity contribution in [3.8, 4) is 0 Å². The van der Waals surface area contributed by atoms with Crippen LogP contribution in [-0.2, 0) is 12.6 Å². The number of nitrogens with zero attached hydrogens (tertiary/aromatic N) is 1. The van der Waals surface area contributed by atoms with Crippen molar-refractivity contribution in [2.45, 2.75) is 0 Å². The van der Waals surface area contributed by atoms with Gasteiger partial charge in [-0.25, -0.2) is 0 Å². The summed E-state index contributed by atoms with van der Waals surface area (Å²) in [4.78, 5) is 15.0. The maximum Gasteiger partial charge on any atom is 1.00 e. The molecule has 0 aliphatic rings. The molecule has 7 heteroatoms. The zero-order chi connectivity index (χ0) is 9.68. The number of nitrogens with one attached hydrogen (secondary N) is 2. The van der Waals surface area contributed by atoms with E-state index in [4.69, 9.17) is 0 Å². The van der Waals surface area contributed by atoms with Crippen LogP contribution in [0.3, 0.4) is 0 Å². The van der Waals surface area contributed by atoms with Crippen molar-refractivity contribution in [1.82, 2.24) is 15.8 Å². The summed E-state index contributed by atoms with van der Waals surface area (Å²) in [6.07, 6.45) is 3.06. The van der Waals surface area contributed by atoms with Gasteiger partial charge in [0, 0.05) is 18.0 Å². The van der Waals surface area contributed by atoms with Gasteiger partial charge in [0.2, 0.25) is 0 Å². The molecule has 68 valence electrons. The number of hydrazine groups is 1. The fourth-order valence-electron chi connectivity index (χ4n) is 0.683. The Labute approximate surface area is 135 Å². The van der Waals surface area contributed by atoms with Gasteiger partial charge in [-0.3, -0.25) is 15.2 Å². The van der Waals surface area contributed by atoms with Crippen molar-refractivity contribution >= 4 is 35.1 Å². The molecule has 4 nitrogen and oxygen atoms in total. The first-order valence-corrected chi connectivity index (χ1v) is 4.19. The third-order valence-electron chi connectivity index (χ3n) is 1.22. The summed E-state index contributed by atoms with van der Waals surface area (Å²) < 4.78 is 0.0995. The summed E-state index contributed by atoms with van der Waals surface area (Å²) >= 11 is 9.08. The van der Waals surface area contributed by atoms with Gasteiger partial charge in [0.05, 0.1) is 0 Å². The van der Waals surface area contributed by atoms with Crippen LogP contribution in [0.4, 0.5) is 0 Å². The number of thiocarbonyl (C=S) groups is 1. The summed E-state index contributed by atoms with van der Waals surface area (Å²) in [5.74, 6) is -0.297. The van der Waals surface area contributed by atoms with Gasteiger partial charge in [-0.05, 0) is 16.5 Å². The van der Waals surface area contributed by atoms with Gasteiger partial charge in [0.15, 0.2) is 0 Å². The topological polar surface area (TPSA) is 54.0 Å². The molecule has 1 aromatic heterocycles. The van der Waals surface area contributed by atoms with E-state index in [1.165, 1.54) is 12.4 Å². The van der Waals surface area contributed by atoms with Gasteiger partial charge in [-0.15, -0.1) is 0 Å². The molecular formula is C7H6KN3OS2. The predicted octanol–water partition coefficient (Wildman–Crippen LogP) is -2.85. The minimum atomic E-state index is -0.297. The Balaban J connectivity index is 0.00000169. The van der Waals surface area contributed by atoms with Crippen LogP contribution in [0.1, 0.15) is 10.4 Å². The first-order chi connectivity index (χ1) is 6.20. The number of hydrogen-bond acceptors (Lipinski definition) is 4. The van der Waals surface area contributed by atoms with E-state index in [2.05, 4.69) is 40.7 Å². The summed E-state index contributed by atoms with van der Waals surface area (Å²) in [7, 11) is 0. The Kier molecular flexibility index (Phi) is 7.83. The second-order valence-electron chi connectivity index (χ2n) is 2.10. The maximum atomic E-state index is 11.2. The van der Waals surface area contributed by atoms with Gasteiger partial charge in [-0.1, -0.05) is 0 Å². The Bertz CT molecular complexity index is 320. The summed E-state index contributed by atoms with van der Waals surface area (Å²) in [6.45, 7) is 0. The first kappa shape index (κ1) is 14.4. The number of aromatic nitrogens is 1. The molecule has 0 unspecified atom stereocenters. The third-order valence-corrected chi connectivity index (χ3v) is 1.42. The van der Waals surface area contributed by atoms with Gasteiger partial charge < -0.3 is 30.3 Å². The van der Waals surface area contributed by atoms with E-state index >= 15 is 0 Å². The molecular weight excluding hydrogens is 245 g/mol. The molecule has 0 saturated heterocycles. The molecule has 2 N–H and O–H groups in total. The average Bonchev–Trinajstić information content (AvgIpc) is 2.15. The number of rotatable bonds is 1. The van der Waals surface area contributed by atoms with E-state index in [1.807, 2.05) is 0 Å². The van der Waals surface area contributed by atoms with Crippen LogP contribution in [0.5, 0.6) is 0 Å². The standard InChI is InChI=1S/C7H7N3OS2.K/c11-6(9-10-7(12)13)5-1-3-8-4-2-5;/h1-4H,(H,9,11)(H2,10,12,13);/q;+1/p-1. The van der Waals surface area contributed by atoms with Crippen molar-refractivity contribution in [2.24, 2.45) is 0 Å². The third kappa shape index (κ3) is 5.30. The van der Waals surface area contributed by atoms with Crippen LogP contribution in [-0.4, -0.2) is 15.2 Å². The Hall–Kier alpha value is 0.366. The molecule has 0 radical (unpaired) electrons. The molecule has 14 heavy (non-hydrogen) atoms. The average molecular weight is 251 g/mol. The van der Waals surface area contributed by atoms with Gasteiger partial charge in [0.1, 0.15) is 0 Å². The van der Waals surface area contributed by atoms with Crippen LogP contribution in [0.15, 0.2) is 24.5 Å². The van der Waals surface area contributed by atoms with E-state index in [1.54, 1.807) is 12.1 Å². The zero-order valence-corrected chi connectivity index (χ0v) is 12.2. The molecule has 1 rings (SSSR count). The van der Waals surface area contributed by atoms with Gasteiger partial charge >= 0.3 is 51.4 Å². The fraction of sp³-hybridized carbons (Fsp3) is 0. The fourth-order valence-corrected chi connectivity index (χ4v) is 0.785. The van der Waals surface area contributed by atoms with Gasteiger partial charge in [-0.2, -0.15) is 0 Å². The smallest absolute Gasteiger partial charge is 0.410 e. The Morgan fingerprint density at radius 2 is 1.93 bits per heavy atom. The predicted molar refractivity (Wildman–Crippen MR) is 54.8 cm³/mol. The second-order valence-corrected chi connectivity index (χ2v) is 3.18. The summed E-state index contributed by atoms with van der Waals surface area (Å²) in [6, 6.07) is 3.17. The maximum absolute atomic E-state index is 11.2. The molecule has 1 amide bonds. The van der Waals surface area contributed by atoms with Crippen LogP contribution in [0, 0.1) is 0 Å². The van der Waals surface area contributed by atoms with Crippen molar-refractivity contribution in [1.29, 1.82) is 0 Å². The SMILES string of the molecule is O=C(NNC(=S)[S-])c1ccncc1.[K+]. The molecule has 1 heterocycles. The molecule has 0 saturated carbocycles. The molecule has 0 fully saturated rings. The van der Waals surface area contributed by atoms with E-state index in [0.29, 0.717) is 5.56 Å². The van der Waals surface area contributed by atoms with Crippen molar-refractivity contribution in [3.05, 3.63) is 30.1 Å². The largest absolute Gasteiger partial charge is 1.00 e. The van der Waals surface area contributed by atoms with Crippen LogP contribution in [0.25, 0.3) is 0 Å². The van der Waals surface area contributed by atoms with Crippen molar-refractivity contribution in [3.63, 3.8) is 0 Å². The van der Waals surface area contributed by atoms with Crippen LogP contribution < -0.4 is 62.2 Å². The Morgan fingerprint density at radius 1 is 1.36 bits per heavy atom. The molecule has 0 atom stereocenters. The Morgan fingerprint density at radius 3 is 2.43 bits per heavy atom. The second kappa shape index (κ2) is 7.63. The number of pyridine rings is 1. The number of carbonyl (C=O) groups excluding carboxylic acids is 1. The quantitative estimate of drug-likeness (QED) is 0.244. The van der Waals surface area contributed by atoms with Crippen LogP contribution in [0.2, 0.25) is 0 Å². The van der Waals surface area contributed by atoms with Gasteiger partial charge in [0.25, 0.3) is 5.91 Å². The zero-order valence-electron chi connectivity index (χ0n) is 7.48. The monoisotopic (exact) mass is 251 g/mol. The van der Waals surface area contributed by atoms with Crippen molar-refractivity contribution in [2.75, 3.05) is 0 Å².